The molecule has 8 heteroatoms. The van der Waals surface area contributed by atoms with Gasteiger partial charge in [0.1, 0.15) is 10.5 Å². The predicted molar refractivity (Wildman–Crippen MR) is 91.7 cm³/mol. The third-order valence-corrected chi connectivity index (χ3v) is 5.16. The van der Waals surface area contributed by atoms with Crippen LogP contribution in [-0.4, -0.2) is 51.2 Å². The third-order valence-electron chi connectivity index (χ3n) is 4.26. The van der Waals surface area contributed by atoms with Crippen LogP contribution >= 0.6 is 11.3 Å². The number of nitrogens with zero attached hydrogens (tertiary/aromatic N) is 3. The summed E-state index contributed by atoms with van der Waals surface area (Å²) in [6.07, 6.45) is 0.245. The van der Waals surface area contributed by atoms with Gasteiger partial charge in [-0.25, -0.2) is 4.98 Å². The number of nitrogens with one attached hydrogen (secondary N) is 1. The lowest BCUT2D eigenvalue weighted by Crippen LogP contribution is -2.36. The first kappa shape index (κ1) is 16.6. The third kappa shape index (κ3) is 3.06. The maximum Gasteiger partial charge on any atom is 0.268 e. The van der Waals surface area contributed by atoms with Crippen LogP contribution in [0.2, 0.25) is 0 Å². The van der Waals surface area contributed by atoms with Crippen LogP contribution in [0.3, 0.4) is 0 Å². The van der Waals surface area contributed by atoms with Crippen LogP contribution in [-0.2, 0) is 16.1 Å². The van der Waals surface area contributed by atoms with Gasteiger partial charge in [0, 0.05) is 26.1 Å². The maximum absolute atomic E-state index is 12.6. The van der Waals surface area contributed by atoms with Gasteiger partial charge in [0.15, 0.2) is 0 Å². The Morgan fingerprint density at radius 2 is 2.25 bits per heavy atom. The largest absolute Gasteiger partial charge is 0.339 e. The molecule has 1 N–H and O–H groups in total. The molecule has 0 spiro atoms. The number of fused-ring (bicyclic) bond motifs is 1. The average Bonchev–Trinajstić information content (AvgIpc) is 3.13. The van der Waals surface area contributed by atoms with Gasteiger partial charge in [0.05, 0.1) is 18.0 Å². The molecule has 1 aliphatic heterocycles. The van der Waals surface area contributed by atoms with E-state index in [1.165, 1.54) is 16.2 Å². The number of H-pyrrole nitrogens is 1. The normalized spacial score (nSPS) is 17.9. The van der Waals surface area contributed by atoms with Crippen molar-refractivity contribution in [3.8, 4) is 0 Å². The molecule has 1 saturated heterocycles. The second-order valence-electron chi connectivity index (χ2n) is 6.38. The van der Waals surface area contributed by atoms with Crippen LogP contribution in [0.15, 0.2) is 16.2 Å². The molecule has 1 aliphatic rings. The van der Waals surface area contributed by atoms with Crippen molar-refractivity contribution in [3.63, 3.8) is 0 Å². The number of likely N-dealkylation sites (tertiary alicyclic amines) is 1. The van der Waals surface area contributed by atoms with Gasteiger partial charge >= 0.3 is 0 Å². The van der Waals surface area contributed by atoms with E-state index in [0.717, 1.165) is 0 Å². The quantitative estimate of drug-likeness (QED) is 0.899. The van der Waals surface area contributed by atoms with Gasteiger partial charge in [-0.3, -0.25) is 14.4 Å². The summed E-state index contributed by atoms with van der Waals surface area (Å²) in [5.74, 6) is 0.0378. The highest BCUT2D eigenvalue weighted by atomic mass is 32.1. The first-order valence-corrected chi connectivity index (χ1v) is 8.75. The second-order valence-corrected chi connectivity index (χ2v) is 7.30. The molecule has 24 heavy (non-hydrogen) atoms. The first-order valence-electron chi connectivity index (χ1n) is 7.87. The number of rotatable bonds is 4. The molecule has 0 bridgehead atoms. The predicted octanol–water partition coefficient (Wildman–Crippen LogP) is 1.20. The van der Waals surface area contributed by atoms with Gasteiger partial charge in [0.25, 0.3) is 5.56 Å². The first-order chi connectivity index (χ1) is 11.4. The molecule has 0 aromatic carbocycles. The number of carbonyl (C=O) groups is 2. The van der Waals surface area contributed by atoms with E-state index in [9.17, 15) is 14.4 Å². The van der Waals surface area contributed by atoms with Crippen LogP contribution in [0.1, 0.15) is 26.1 Å². The summed E-state index contributed by atoms with van der Waals surface area (Å²) in [7, 11) is 1.67. The minimum Gasteiger partial charge on any atom is -0.339 e. The van der Waals surface area contributed by atoms with Crippen molar-refractivity contribution in [1.82, 2.24) is 19.8 Å². The van der Waals surface area contributed by atoms with Crippen LogP contribution in [0.25, 0.3) is 10.2 Å². The van der Waals surface area contributed by atoms with Crippen molar-refractivity contribution in [2.24, 2.45) is 5.92 Å². The molecule has 7 nitrogen and oxygen atoms in total. The van der Waals surface area contributed by atoms with E-state index in [-0.39, 0.29) is 42.3 Å². The van der Waals surface area contributed by atoms with Gasteiger partial charge in [-0.2, -0.15) is 0 Å². The Balaban J connectivity index is 1.72. The Bertz CT molecular complexity index is 841. The Kier molecular flexibility index (Phi) is 4.40. The summed E-state index contributed by atoms with van der Waals surface area (Å²) in [6.45, 7) is 4.55. The molecule has 2 amide bonds. The fourth-order valence-electron chi connectivity index (χ4n) is 3.01. The number of thiophene rings is 1. The number of carbonyl (C=O) groups excluding carboxylic acids is 2. The zero-order chi connectivity index (χ0) is 17.4. The lowest BCUT2D eigenvalue weighted by Gasteiger charge is -2.23. The zero-order valence-corrected chi connectivity index (χ0v) is 14.7. The Labute approximate surface area is 143 Å². The van der Waals surface area contributed by atoms with Crippen molar-refractivity contribution >= 4 is 33.4 Å². The summed E-state index contributed by atoms with van der Waals surface area (Å²) in [5.41, 5.74) is 0.453. The van der Waals surface area contributed by atoms with Crippen LogP contribution in [0.4, 0.5) is 0 Å². The fraction of sp³-hybridized carbons (Fsp3) is 0.500. The Morgan fingerprint density at radius 1 is 1.50 bits per heavy atom. The molecule has 2 aromatic rings. The number of aromatic nitrogens is 2. The molecular formula is C16H20N4O3S. The standard InChI is InChI=1S/C16H20N4O3S/c1-9(2)20-7-10(6-13(20)21)16(23)19(3)8-12-17-11-4-5-24-14(11)15(22)18-12/h4-5,9-10H,6-8H2,1-3H3,(H,17,18,22). The number of hydrogen-bond acceptors (Lipinski definition) is 5. The van der Waals surface area contributed by atoms with Gasteiger partial charge in [-0.1, -0.05) is 0 Å². The molecule has 1 fully saturated rings. The molecule has 0 saturated carbocycles. The lowest BCUT2D eigenvalue weighted by atomic mass is 10.1. The SMILES string of the molecule is CC(C)N1CC(C(=O)N(C)Cc2nc3ccsc3c(=O)[nH]2)CC1=O. The second kappa shape index (κ2) is 6.35. The van der Waals surface area contributed by atoms with Gasteiger partial charge < -0.3 is 14.8 Å². The minimum atomic E-state index is -0.332. The van der Waals surface area contributed by atoms with Crippen molar-refractivity contribution < 1.29 is 9.59 Å². The van der Waals surface area contributed by atoms with Crippen molar-refractivity contribution in [2.75, 3.05) is 13.6 Å². The summed E-state index contributed by atoms with van der Waals surface area (Å²) >= 11 is 1.34. The summed E-state index contributed by atoms with van der Waals surface area (Å²) < 4.78 is 0.585. The Morgan fingerprint density at radius 3 is 2.92 bits per heavy atom. The molecule has 0 aliphatic carbocycles. The smallest absolute Gasteiger partial charge is 0.268 e. The molecule has 3 heterocycles. The fourth-order valence-corrected chi connectivity index (χ4v) is 3.73. The zero-order valence-electron chi connectivity index (χ0n) is 13.9. The summed E-state index contributed by atoms with van der Waals surface area (Å²) in [6, 6.07) is 1.89. The molecule has 0 radical (unpaired) electrons. The average molecular weight is 348 g/mol. The molecule has 3 rings (SSSR count). The summed E-state index contributed by atoms with van der Waals surface area (Å²) in [5, 5.41) is 1.82. The lowest BCUT2D eigenvalue weighted by molar-refractivity contribution is -0.135. The van der Waals surface area contributed by atoms with Crippen LogP contribution in [0, 0.1) is 5.92 Å². The maximum atomic E-state index is 12.6. The van der Waals surface area contributed by atoms with Crippen molar-refractivity contribution in [1.29, 1.82) is 0 Å². The molecule has 1 atom stereocenters. The monoisotopic (exact) mass is 348 g/mol. The number of aromatic amines is 1. The highest BCUT2D eigenvalue weighted by Crippen LogP contribution is 2.22. The highest BCUT2D eigenvalue weighted by molar-refractivity contribution is 7.17. The Hall–Kier alpha value is -2.22. The molecule has 2 aromatic heterocycles. The minimum absolute atomic E-state index is 0.0166. The van der Waals surface area contributed by atoms with Crippen molar-refractivity contribution in [2.45, 2.75) is 32.9 Å². The summed E-state index contributed by atoms with van der Waals surface area (Å²) in [4.78, 5) is 46.9. The van der Waals surface area contributed by atoms with E-state index in [4.69, 9.17) is 0 Å². The van der Waals surface area contributed by atoms with Crippen molar-refractivity contribution in [3.05, 3.63) is 27.6 Å². The van der Waals surface area contributed by atoms with E-state index < -0.39 is 0 Å². The van der Waals surface area contributed by atoms with E-state index in [2.05, 4.69) is 9.97 Å². The van der Waals surface area contributed by atoms with E-state index in [1.807, 2.05) is 19.2 Å². The van der Waals surface area contributed by atoms with Gasteiger partial charge in [0.2, 0.25) is 11.8 Å². The molecule has 1 unspecified atom stereocenters. The number of hydrogen-bond donors (Lipinski definition) is 1. The van der Waals surface area contributed by atoms with Crippen LogP contribution in [0.5, 0.6) is 0 Å². The van der Waals surface area contributed by atoms with E-state index in [1.54, 1.807) is 18.0 Å². The van der Waals surface area contributed by atoms with E-state index >= 15 is 0 Å². The topological polar surface area (TPSA) is 86.4 Å². The number of amides is 2. The molecular weight excluding hydrogens is 328 g/mol. The highest BCUT2D eigenvalue weighted by Gasteiger charge is 2.36. The van der Waals surface area contributed by atoms with Gasteiger partial charge in [-0.05, 0) is 25.3 Å². The van der Waals surface area contributed by atoms with E-state index in [0.29, 0.717) is 22.6 Å². The van der Waals surface area contributed by atoms with Gasteiger partial charge in [-0.15, -0.1) is 11.3 Å². The van der Waals surface area contributed by atoms with Crippen LogP contribution < -0.4 is 5.56 Å². The molecule has 128 valence electrons.